The lowest BCUT2D eigenvalue weighted by Crippen LogP contribution is -2.51. The van der Waals surface area contributed by atoms with Crippen LogP contribution in [0.1, 0.15) is 48.4 Å². The lowest BCUT2D eigenvalue weighted by molar-refractivity contribution is 0.0877. The van der Waals surface area contributed by atoms with Crippen LogP contribution in [0.2, 0.25) is 0 Å². The second-order valence-electron chi connectivity index (χ2n) is 4.75. The fourth-order valence-electron chi connectivity index (χ4n) is 2.30. The second-order valence-corrected chi connectivity index (χ2v) is 5.31. The van der Waals surface area contributed by atoms with Crippen molar-refractivity contribution in [1.29, 1.82) is 0 Å². The van der Waals surface area contributed by atoms with Gasteiger partial charge in [0.15, 0.2) is 5.69 Å². The third kappa shape index (κ3) is 2.89. The molecular weight excluding hydrogens is 284 g/mol. The number of hydrogen-bond donors (Lipinski definition) is 1. The number of nitrogens with one attached hydrogen (secondary N) is 1. The van der Waals surface area contributed by atoms with Crippen LogP contribution in [0.15, 0.2) is 10.6 Å². The number of alkyl halides is 1. The third-order valence-electron chi connectivity index (χ3n) is 3.31. The Labute approximate surface area is 109 Å². The molecule has 5 heteroatoms. The Balaban J connectivity index is 2.05. The van der Waals surface area contributed by atoms with E-state index < -0.39 is 0 Å². The molecule has 1 saturated carbocycles. The Bertz CT molecular complexity index is 397. The van der Waals surface area contributed by atoms with Crippen molar-refractivity contribution in [2.24, 2.45) is 0 Å². The lowest BCUT2D eigenvalue weighted by Gasteiger charge is -2.36. The zero-order chi connectivity index (χ0) is 12.3. The van der Waals surface area contributed by atoms with Crippen molar-refractivity contribution < 1.29 is 9.32 Å². The minimum absolute atomic E-state index is 0.109. The van der Waals surface area contributed by atoms with Gasteiger partial charge in [0.25, 0.3) is 5.91 Å². The molecule has 0 bridgehead atoms. The summed E-state index contributed by atoms with van der Waals surface area (Å²) in [7, 11) is 0. The second kappa shape index (κ2) is 5.21. The molecule has 1 aliphatic rings. The Kier molecular flexibility index (Phi) is 3.86. The van der Waals surface area contributed by atoms with Gasteiger partial charge in [0.2, 0.25) is 0 Å². The summed E-state index contributed by atoms with van der Waals surface area (Å²) >= 11 is 3.52. The number of carbonyl (C=O) groups is 1. The van der Waals surface area contributed by atoms with Crippen molar-refractivity contribution >= 4 is 21.8 Å². The normalized spacial score (nSPS) is 18.9. The summed E-state index contributed by atoms with van der Waals surface area (Å²) in [5.41, 5.74) is 0.260. The molecule has 2 rings (SSSR count). The van der Waals surface area contributed by atoms with Crippen LogP contribution in [-0.4, -0.2) is 21.9 Å². The van der Waals surface area contributed by atoms with Crippen molar-refractivity contribution in [3.05, 3.63) is 17.5 Å². The van der Waals surface area contributed by atoms with Crippen LogP contribution in [0.25, 0.3) is 0 Å². The molecule has 94 valence electrons. The fourth-order valence-corrected chi connectivity index (χ4v) is 3.00. The molecule has 0 saturated heterocycles. The van der Waals surface area contributed by atoms with Crippen molar-refractivity contribution in [2.75, 3.05) is 5.33 Å². The highest BCUT2D eigenvalue weighted by Gasteiger charge is 2.33. The van der Waals surface area contributed by atoms with Gasteiger partial charge in [-0.05, 0) is 19.8 Å². The predicted octanol–water partition coefficient (Wildman–Crippen LogP) is 2.81. The zero-order valence-corrected chi connectivity index (χ0v) is 11.5. The molecule has 1 heterocycles. The van der Waals surface area contributed by atoms with Gasteiger partial charge in [-0.3, -0.25) is 4.79 Å². The van der Waals surface area contributed by atoms with E-state index in [1.807, 2.05) is 0 Å². The molecular formula is C12H17BrN2O2. The molecule has 1 aliphatic carbocycles. The number of hydrogen-bond acceptors (Lipinski definition) is 3. The highest BCUT2D eigenvalue weighted by molar-refractivity contribution is 9.09. The molecule has 1 fully saturated rings. The van der Waals surface area contributed by atoms with E-state index in [4.69, 9.17) is 4.52 Å². The van der Waals surface area contributed by atoms with Crippen LogP contribution in [0.3, 0.4) is 0 Å². The van der Waals surface area contributed by atoms with Crippen molar-refractivity contribution in [2.45, 2.75) is 44.6 Å². The Morgan fingerprint density at radius 2 is 2.24 bits per heavy atom. The van der Waals surface area contributed by atoms with Crippen molar-refractivity contribution in [1.82, 2.24) is 10.5 Å². The molecule has 0 radical (unpaired) electrons. The summed E-state index contributed by atoms with van der Waals surface area (Å²) in [6.07, 6.45) is 5.66. The first-order chi connectivity index (χ1) is 8.15. The minimum atomic E-state index is -0.136. The van der Waals surface area contributed by atoms with Crippen LogP contribution >= 0.6 is 15.9 Å². The molecule has 0 spiro atoms. The number of rotatable bonds is 3. The van der Waals surface area contributed by atoms with Crippen LogP contribution < -0.4 is 5.32 Å². The van der Waals surface area contributed by atoms with E-state index in [1.165, 1.54) is 19.3 Å². The summed E-state index contributed by atoms with van der Waals surface area (Å²) in [6, 6.07) is 1.67. The number of nitrogens with zero attached hydrogens (tertiary/aromatic N) is 1. The monoisotopic (exact) mass is 300 g/mol. The van der Waals surface area contributed by atoms with E-state index in [0.717, 1.165) is 18.2 Å². The Morgan fingerprint density at radius 3 is 2.76 bits per heavy atom. The van der Waals surface area contributed by atoms with Crippen LogP contribution in [0.5, 0.6) is 0 Å². The van der Waals surface area contributed by atoms with Gasteiger partial charge in [-0.15, -0.1) is 0 Å². The van der Waals surface area contributed by atoms with Gasteiger partial charge in [0, 0.05) is 11.4 Å². The first kappa shape index (κ1) is 12.6. The summed E-state index contributed by atoms with van der Waals surface area (Å²) in [4.78, 5) is 12.0. The average molecular weight is 301 g/mol. The van der Waals surface area contributed by atoms with Gasteiger partial charge in [-0.1, -0.05) is 40.3 Å². The summed E-state index contributed by atoms with van der Waals surface area (Å²) in [6.45, 7) is 1.78. The first-order valence-electron chi connectivity index (χ1n) is 5.97. The van der Waals surface area contributed by atoms with E-state index in [1.54, 1.807) is 13.0 Å². The number of halogens is 1. The quantitative estimate of drug-likeness (QED) is 0.873. The number of carbonyl (C=O) groups excluding carboxylic acids is 1. The van der Waals surface area contributed by atoms with E-state index in [0.29, 0.717) is 11.5 Å². The summed E-state index contributed by atoms with van der Waals surface area (Å²) in [5.74, 6) is 0.523. The molecule has 0 aliphatic heterocycles. The standard InChI is InChI=1S/C12H17BrN2O2/c1-9-7-10(15-17-9)11(16)14-12(8-13)5-3-2-4-6-12/h7H,2-6,8H2,1H3,(H,14,16). The van der Waals surface area contributed by atoms with E-state index in [-0.39, 0.29) is 11.4 Å². The molecule has 1 amide bonds. The largest absolute Gasteiger partial charge is 0.361 e. The van der Waals surface area contributed by atoms with E-state index in [9.17, 15) is 4.79 Å². The molecule has 1 aromatic rings. The predicted molar refractivity (Wildman–Crippen MR) is 68.3 cm³/mol. The average Bonchev–Trinajstić information content (AvgIpc) is 2.77. The maximum Gasteiger partial charge on any atom is 0.273 e. The number of aromatic nitrogens is 1. The van der Waals surface area contributed by atoms with Gasteiger partial charge in [-0.2, -0.15) is 0 Å². The van der Waals surface area contributed by atoms with Crippen LogP contribution in [0.4, 0.5) is 0 Å². The highest BCUT2D eigenvalue weighted by Crippen LogP contribution is 2.30. The van der Waals surface area contributed by atoms with Crippen molar-refractivity contribution in [3.63, 3.8) is 0 Å². The maximum atomic E-state index is 12.0. The van der Waals surface area contributed by atoms with Gasteiger partial charge >= 0.3 is 0 Å². The molecule has 4 nitrogen and oxygen atoms in total. The van der Waals surface area contributed by atoms with Gasteiger partial charge < -0.3 is 9.84 Å². The maximum absolute atomic E-state index is 12.0. The lowest BCUT2D eigenvalue weighted by atomic mass is 9.83. The molecule has 0 aromatic carbocycles. The fraction of sp³-hybridized carbons (Fsp3) is 0.667. The van der Waals surface area contributed by atoms with E-state index in [2.05, 4.69) is 26.4 Å². The summed E-state index contributed by atoms with van der Waals surface area (Å²) < 4.78 is 4.92. The SMILES string of the molecule is Cc1cc(C(=O)NC2(CBr)CCCCC2)no1. The molecule has 17 heavy (non-hydrogen) atoms. The van der Waals surface area contributed by atoms with Gasteiger partial charge in [-0.25, -0.2) is 0 Å². The van der Waals surface area contributed by atoms with E-state index >= 15 is 0 Å². The molecule has 1 N–H and O–H groups in total. The highest BCUT2D eigenvalue weighted by atomic mass is 79.9. The van der Waals surface area contributed by atoms with Crippen LogP contribution in [0, 0.1) is 6.92 Å². The minimum Gasteiger partial charge on any atom is -0.361 e. The number of amides is 1. The smallest absolute Gasteiger partial charge is 0.273 e. The summed E-state index contributed by atoms with van der Waals surface area (Å²) in [5, 5.41) is 7.64. The molecule has 1 aromatic heterocycles. The van der Waals surface area contributed by atoms with Crippen molar-refractivity contribution in [3.8, 4) is 0 Å². The Morgan fingerprint density at radius 1 is 1.53 bits per heavy atom. The van der Waals surface area contributed by atoms with Gasteiger partial charge in [0.05, 0.1) is 5.54 Å². The topological polar surface area (TPSA) is 55.1 Å². The van der Waals surface area contributed by atoms with Crippen LogP contribution in [-0.2, 0) is 0 Å². The van der Waals surface area contributed by atoms with Gasteiger partial charge in [0.1, 0.15) is 5.76 Å². The zero-order valence-electron chi connectivity index (χ0n) is 9.96. The third-order valence-corrected chi connectivity index (χ3v) is 4.38. The Hall–Kier alpha value is -0.840. The first-order valence-corrected chi connectivity index (χ1v) is 7.09. The molecule has 0 unspecified atom stereocenters. The molecule has 0 atom stereocenters. The number of aryl methyl sites for hydroxylation is 1.